The normalized spacial score (nSPS) is 17.7. The molecule has 0 saturated carbocycles. The molecule has 25 heavy (non-hydrogen) atoms. The monoisotopic (exact) mass is 359 g/mol. The number of morpholine rings is 1. The van der Waals surface area contributed by atoms with E-state index in [9.17, 15) is 4.79 Å². The fourth-order valence-corrected chi connectivity index (χ4v) is 3.58. The summed E-state index contributed by atoms with van der Waals surface area (Å²) < 4.78 is 5.51. The van der Waals surface area contributed by atoms with Crippen LogP contribution < -0.4 is 10.2 Å². The number of quaternary nitrogens is 1. The molecular formula is C20H24ClN2O2+. The second-order valence-corrected chi connectivity index (χ2v) is 6.86. The molecule has 1 aliphatic rings. The van der Waals surface area contributed by atoms with Crippen molar-refractivity contribution in [2.45, 2.75) is 19.0 Å². The highest BCUT2D eigenvalue weighted by atomic mass is 35.5. The minimum Gasteiger partial charge on any atom is -0.370 e. The van der Waals surface area contributed by atoms with E-state index in [0.717, 1.165) is 26.3 Å². The summed E-state index contributed by atoms with van der Waals surface area (Å²) in [6.45, 7) is 5.49. The highest BCUT2D eigenvalue weighted by Gasteiger charge is 2.32. The lowest BCUT2D eigenvalue weighted by Crippen LogP contribution is -3.15. The Hall–Kier alpha value is -1.88. The number of carbonyl (C=O) groups is 1. The second-order valence-electron chi connectivity index (χ2n) is 6.43. The predicted molar refractivity (Wildman–Crippen MR) is 99.1 cm³/mol. The molecule has 2 aromatic rings. The van der Waals surface area contributed by atoms with Gasteiger partial charge in [0.05, 0.1) is 19.3 Å². The third-order valence-corrected chi connectivity index (χ3v) is 4.95. The van der Waals surface area contributed by atoms with Crippen molar-refractivity contribution in [1.29, 1.82) is 0 Å². The minimum absolute atomic E-state index is 0.00122. The summed E-state index contributed by atoms with van der Waals surface area (Å²) >= 11 is 5.91. The van der Waals surface area contributed by atoms with Gasteiger partial charge in [-0.25, -0.2) is 0 Å². The summed E-state index contributed by atoms with van der Waals surface area (Å²) in [6.07, 6.45) is 0. The van der Waals surface area contributed by atoms with Crippen molar-refractivity contribution >= 4 is 17.5 Å². The molecule has 4 nitrogen and oxygen atoms in total. The molecule has 2 aromatic carbocycles. The minimum atomic E-state index is -0.0715. The van der Waals surface area contributed by atoms with Gasteiger partial charge in [-0.2, -0.15) is 0 Å². The molecule has 0 spiro atoms. The molecule has 1 fully saturated rings. The molecule has 0 radical (unpaired) electrons. The van der Waals surface area contributed by atoms with E-state index in [1.165, 1.54) is 10.5 Å². The molecule has 2 atom stereocenters. The quantitative estimate of drug-likeness (QED) is 0.858. The molecule has 1 aliphatic heterocycles. The Morgan fingerprint density at radius 1 is 1.08 bits per heavy atom. The van der Waals surface area contributed by atoms with Crippen LogP contribution in [-0.2, 0) is 4.74 Å². The van der Waals surface area contributed by atoms with Gasteiger partial charge in [0.2, 0.25) is 0 Å². The summed E-state index contributed by atoms with van der Waals surface area (Å²) in [7, 11) is 0. The summed E-state index contributed by atoms with van der Waals surface area (Å²) in [5.41, 5.74) is 1.86. The van der Waals surface area contributed by atoms with Gasteiger partial charge in [-0.15, -0.1) is 0 Å². The third kappa shape index (κ3) is 4.60. The second kappa shape index (κ2) is 8.48. The zero-order valence-electron chi connectivity index (χ0n) is 14.4. The molecule has 1 amide bonds. The number of hydrogen-bond donors (Lipinski definition) is 2. The fraction of sp³-hybridized carbons (Fsp3) is 0.350. The van der Waals surface area contributed by atoms with Crippen LogP contribution in [0.3, 0.4) is 0 Å². The Morgan fingerprint density at radius 3 is 2.36 bits per heavy atom. The number of benzene rings is 2. The van der Waals surface area contributed by atoms with Crippen molar-refractivity contribution in [2.75, 3.05) is 26.3 Å². The van der Waals surface area contributed by atoms with E-state index in [1.807, 2.05) is 6.07 Å². The van der Waals surface area contributed by atoms with E-state index in [2.05, 4.69) is 36.5 Å². The van der Waals surface area contributed by atoms with Crippen molar-refractivity contribution in [1.82, 2.24) is 5.32 Å². The Morgan fingerprint density at radius 2 is 1.72 bits per heavy atom. The number of nitrogens with one attached hydrogen (secondary N) is 2. The summed E-state index contributed by atoms with van der Waals surface area (Å²) in [4.78, 5) is 14.0. The van der Waals surface area contributed by atoms with Gasteiger partial charge in [-0.3, -0.25) is 4.79 Å². The number of hydrogen-bond acceptors (Lipinski definition) is 2. The molecule has 0 aliphatic carbocycles. The van der Waals surface area contributed by atoms with Crippen LogP contribution in [0.25, 0.3) is 0 Å². The van der Waals surface area contributed by atoms with Crippen LogP contribution >= 0.6 is 11.6 Å². The molecule has 0 bridgehead atoms. The van der Waals surface area contributed by atoms with E-state index in [4.69, 9.17) is 16.3 Å². The average molecular weight is 360 g/mol. The van der Waals surface area contributed by atoms with Gasteiger partial charge in [0.15, 0.2) is 0 Å². The lowest BCUT2D eigenvalue weighted by molar-refractivity contribution is -0.940. The van der Waals surface area contributed by atoms with E-state index in [1.54, 1.807) is 24.3 Å². The lowest BCUT2D eigenvalue weighted by atomic mass is 9.97. The van der Waals surface area contributed by atoms with Crippen LogP contribution in [0.1, 0.15) is 28.9 Å². The van der Waals surface area contributed by atoms with E-state index < -0.39 is 0 Å². The first-order valence-electron chi connectivity index (χ1n) is 8.69. The van der Waals surface area contributed by atoms with Crippen LogP contribution in [0.15, 0.2) is 54.6 Å². The number of halogens is 1. The Labute approximate surface area is 153 Å². The maximum absolute atomic E-state index is 12.6. The highest BCUT2D eigenvalue weighted by Crippen LogP contribution is 2.15. The van der Waals surface area contributed by atoms with Gasteiger partial charge >= 0.3 is 0 Å². The van der Waals surface area contributed by atoms with Crippen molar-refractivity contribution in [2.24, 2.45) is 0 Å². The van der Waals surface area contributed by atoms with Crippen LogP contribution in [0.2, 0.25) is 5.02 Å². The lowest BCUT2D eigenvalue weighted by Gasteiger charge is -2.35. The fourth-order valence-electron chi connectivity index (χ4n) is 3.46. The van der Waals surface area contributed by atoms with E-state index in [0.29, 0.717) is 10.6 Å². The maximum Gasteiger partial charge on any atom is 0.251 e. The number of ether oxygens (including phenoxy) is 1. The number of amides is 1. The first-order chi connectivity index (χ1) is 12.1. The maximum atomic E-state index is 12.6. The first kappa shape index (κ1) is 17.9. The molecule has 1 heterocycles. The Bertz CT molecular complexity index is 685. The summed E-state index contributed by atoms with van der Waals surface area (Å²) in [5.74, 6) is -0.0715. The molecule has 0 aromatic heterocycles. The van der Waals surface area contributed by atoms with Crippen molar-refractivity contribution in [3.63, 3.8) is 0 Å². The molecule has 132 valence electrons. The SMILES string of the molecule is C[C@H](NC(=O)c1ccc(Cl)cc1)[C@H](c1ccccc1)[NH+]1CCOCC1. The van der Waals surface area contributed by atoms with Crippen LogP contribution in [0, 0.1) is 0 Å². The third-order valence-electron chi connectivity index (χ3n) is 4.70. The zero-order valence-corrected chi connectivity index (χ0v) is 15.1. The number of rotatable bonds is 5. The van der Waals surface area contributed by atoms with Crippen molar-refractivity contribution < 1.29 is 14.4 Å². The van der Waals surface area contributed by atoms with E-state index in [-0.39, 0.29) is 18.0 Å². The zero-order chi connectivity index (χ0) is 17.6. The molecule has 5 heteroatoms. The van der Waals surface area contributed by atoms with Gasteiger partial charge in [-0.05, 0) is 31.2 Å². The summed E-state index contributed by atoms with van der Waals surface area (Å²) in [6, 6.07) is 17.6. The Balaban J connectivity index is 1.77. The van der Waals surface area contributed by atoms with Gasteiger partial charge in [-0.1, -0.05) is 41.9 Å². The van der Waals surface area contributed by atoms with E-state index >= 15 is 0 Å². The van der Waals surface area contributed by atoms with Crippen LogP contribution in [0.4, 0.5) is 0 Å². The largest absolute Gasteiger partial charge is 0.370 e. The number of carbonyl (C=O) groups excluding carboxylic acids is 1. The first-order valence-corrected chi connectivity index (χ1v) is 9.06. The van der Waals surface area contributed by atoms with Crippen LogP contribution in [0.5, 0.6) is 0 Å². The average Bonchev–Trinajstić information content (AvgIpc) is 2.64. The molecular weight excluding hydrogens is 336 g/mol. The Kier molecular flexibility index (Phi) is 6.08. The molecule has 3 rings (SSSR count). The molecule has 2 N–H and O–H groups in total. The molecule has 1 saturated heterocycles. The predicted octanol–water partition coefficient (Wildman–Crippen LogP) is 2.11. The molecule has 0 unspecified atom stereocenters. The van der Waals surface area contributed by atoms with Gasteiger partial charge in [0, 0.05) is 16.1 Å². The van der Waals surface area contributed by atoms with Crippen molar-refractivity contribution in [3.8, 4) is 0 Å². The van der Waals surface area contributed by atoms with Gasteiger partial charge in [0.25, 0.3) is 5.91 Å². The van der Waals surface area contributed by atoms with Gasteiger partial charge < -0.3 is 15.0 Å². The van der Waals surface area contributed by atoms with Crippen molar-refractivity contribution in [3.05, 3.63) is 70.7 Å². The van der Waals surface area contributed by atoms with Gasteiger partial charge in [0.1, 0.15) is 19.1 Å². The summed E-state index contributed by atoms with van der Waals surface area (Å²) in [5, 5.41) is 3.80. The highest BCUT2D eigenvalue weighted by molar-refractivity contribution is 6.30. The smallest absolute Gasteiger partial charge is 0.251 e. The van der Waals surface area contributed by atoms with Crippen LogP contribution in [-0.4, -0.2) is 38.3 Å². The standard InChI is InChI=1S/C20H23ClN2O2/c1-15(22-20(24)17-7-9-18(21)10-8-17)19(16-5-3-2-4-6-16)23-11-13-25-14-12-23/h2-10,15,19H,11-14H2,1H3,(H,22,24)/p+1/t15-,19+/m0/s1. The topological polar surface area (TPSA) is 42.8 Å².